The van der Waals surface area contributed by atoms with Crippen LogP contribution < -0.4 is 10.1 Å². The number of thiophene rings is 1. The normalized spacial score (nSPS) is 12.6. The van der Waals surface area contributed by atoms with Crippen LogP contribution in [0.3, 0.4) is 0 Å². The molecule has 1 N–H and O–H groups in total. The minimum absolute atomic E-state index is 0.0616. The Kier molecular flexibility index (Phi) is 5.73. The molecule has 0 saturated carbocycles. The molecule has 158 valence electrons. The number of nitro benzene ring substituents is 1. The maximum Gasteiger partial charge on any atom is 0.311 e. The second kappa shape index (κ2) is 8.62. The zero-order valence-electron chi connectivity index (χ0n) is 16.8. The molecule has 31 heavy (non-hydrogen) atoms. The van der Waals surface area contributed by atoms with Crippen LogP contribution in [-0.2, 0) is 19.4 Å². The molecule has 0 radical (unpaired) electrons. The van der Waals surface area contributed by atoms with Crippen LogP contribution in [0.5, 0.6) is 5.75 Å². The van der Waals surface area contributed by atoms with Crippen molar-refractivity contribution < 1.29 is 18.9 Å². The van der Waals surface area contributed by atoms with Gasteiger partial charge in [0.1, 0.15) is 23.4 Å². The Morgan fingerprint density at radius 1 is 1.32 bits per heavy atom. The summed E-state index contributed by atoms with van der Waals surface area (Å²) in [5.41, 5.74) is 2.20. The largest absolute Gasteiger partial charge is 0.479 e. The smallest absolute Gasteiger partial charge is 0.311 e. The van der Waals surface area contributed by atoms with E-state index in [9.17, 15) is 20.2 Å². The first-order valence-corrected chi connectivity index (χ1v) is 10.6. The average molecular weight is 437 g/mol. The molecule has 1 amide bonds. The second-order valence-corrected chi connectivity index (χ2v) is 8.37. The average Bonchev–Trinajstić information content (AvgIpc) is 3.36. The number of carbonyl (C=O) groups is 1. The number of carbonyl (C=O) groups excluding carboxylic acids is 1. The predicted molar refractivity (Wildman–Crippen MR) is 115 cm³/mol. The molecule has 1 aromatic carbocycles. The summed E-state index contributed by atoms with van der Waals surface area (Å²) < 4.78 is 11.1. The predicted octanol–water partition coefficient (Wildman–Crippen LogP) is 5.14. The molecule has 2 heterocycles. The number of hydrogen-bond donors (Lipinski definition) is 1. The summed E-state index contributed by atoms with van der Waals surface area (Å²) in [6, 6.07) is 9.99. The van der Waals surface area contributed by atoms with Gasteiger partial charge in [-0.2, -0.15) is 5.26 Å². The van der Waals surface area contributed by atoms with Crippen LogP contribution in [0, 0.1) is 28.4 Å². The van der Waals surface area contributed by atoms with Crippen molar-refractivity contribution in [3.05, 3.63) is 73.5 Å². The molecule has 9 heteroatoms. The van der Waals surface area contributed by atoms with Gasteiger partial charge in [-0.1, -0.05) is 6.07 Å². The zero-order chi connectivity index (χ0) is 22.0. The number of nitriles is 1. The Balaban J connectivity index is 1.45. The molecule has 0 aliphatic heterocycles. The highest BCUT2D eigenvalue weighted by molar-refractivity contribution is 7.16. The van der Waals surface area contributed by atoms with Gasteiger partial charge in [-0.05, 0) is 61.9 Å². The SMILES string of the molecule is Cc1ccc(OCc2ccc(C(=O)Nc3sc4c(c3C#N)CCCC4)o2)c([N+](=O)[O-])c1. The van der Waals surface area contributed by atoms with E-state index in [2.05, 4.69) is 11.4 Å². The Bertz CT molecular complexity index is 1200. The van der Waals surface area contributed by atoms with E-state index in [1.807, 2.05) is 0 Å². The number of nitro groups is 1. The van der Waals surface area contributed by atoms with E-state index in [1.54, 1.807) is 19.1 Å². The number of anilines is 1. The van der Waals surface area contributed by atoms with Crippen molar-refractivity contribution in [3.8, 4) is 11.8 Å². The number of fused-ring (bicyclic) bond motifs is 1. The first-order valence-electron chi connectivity index (χ1n) is 9.79. The lowest BCUT2D eigenvalue weighted by Crippen LogP contribution is -2.11. The Morgan fingerprint density at radius 2 is 2.13 bits per heavy atom. The fourth-order valence-corrected chi connectivity index (χ4v) is 4.79. The molecule has 0 bridgehead atoms. The first-order chi connectivity index (χ1) is 15.0. The molecular weight excluding hydrogens is 418 g/mol. The van der Waals surface area contributed by atoms with E-state index in [4.69, 9.17) is 9.15 Å². The minimum Gasteiger partial charge on any atom is -0.479 e. The lowest BCUT2D eigenvalue weighted by atomic mass is 9.96. The lowest BCUT2D eigenvalue weighted by molar-refractivity contribution is -0.386. The first kappa shape index (κ1) is 20.6. The molecule has 4 rings (SSSR count). The lowest BCUT2D eigenvalue weighted by Gasteiger charge is -2.09. The summed E-state index contributed by atoms with van der Waals surface area (Å²) in [6.07, 6.45) is 3.93. The quantitative estimate of drug-likeness (QED) is 0.421. The summed E-state index contributed by atoms with van der Waals surface area (Å²) >= 11 is 1.44. The number of aryl methyl sites for hydroxylation is 2. The second-order valence-electron chi connectivity index (χ2n) is 7.26. The van der Waals surface area contributed by atoms with Crippen LogP contribution in [0.25, 0.3) is 0 Å². The summed E-state index contributed by atoms with van der Waals surface area (Å²) in [6.45, 7) is 1.70. The van der Waals surface area contributed by atoms with Crippen molar-refractivity contribution >= 4 is 27.9 Å². The molecule has 3 aromatic rings. The Labute approximate surface area is 182 Å². The standard InChI is InChI=1S/C22H19N3O5S/c1-13-6-8-18(17(10-13)25(27)28)29-12-14-7-9-19(30-14)21(26)24-22-16(11-23)15-4-2-3-5-20(15)31-22/h6-10H,2-5,12H2,1H3,(H,24,26). The van der Waals surface area contributed by atoms with E-state index >= 15 is 0 Å². The topological polar surface area (TPSA) is 118 Å². The van der Waals surface area contributed by atoms with Crippen molar-refractivity contribution in [2.24, 2.45) is 0 Å². The fourth-order valence-electron chi connectivity index (χ4n) is 3.56. The molecule has 8 nitrogen and oxygen atoms in total. The Hall–Kier alpha value is -3.64. The molecule has 0 fully saturated rings. The highest BCUT2D eigenvalue weighted by Gasteiger charge is 2.23. The van der Waals surface area contributed by atoms with Gasteiger partial charge in [0, 0.05) is 10.9 Å². The molecule has 1 aliphatic rings. The third-order valence-electron chi connectivity index (χ3n) is 5.08. The van der Waals surface area contributed by atoms with E-state index in [0.29, 0.717) is 16.3 Å². The van der Waals surface area contributed by atoms with Crippen LogP contribution in [0.4, 0.5) is 10.7 Å². The molecule has 1 aliphatic carbocycles. The highest BCUT2D eigenvalue weighted by atomic mass is 32.1. The van der Waals surface area contributed by atoms with Crippen LogP contribution >= 0.6 is 11.3 Å². The van der Waals surface area contributed by atoms with E-state index in [-0.39, 0.29) is 23.8 Å². The maximum atomic E-state index is 12.6. The summed E-state index contributed by atoms with van der Waals surface area (Å²) in [7, 11) is 0. The number of nitrogens with one attached hydrogen (secondary N) is 1. The third-order valence-corrected chi connectivity index (χ3v) is 6.28. The van der Waals surface area contributed by atoms with Gasteiger partial charge in [0.15, 0.2) is 11.5 Å². The van der Waals surface area contributed by atoms with Crippen molar-refractivity contribution in [2.75, 3.05) is 5.32 Å². The van der Waals surface area contributed by atoms with Crippen molar-refractivity contribution in [2.45, 2.75) is 39.2 Å². The molecule has 0 saturated heterocycles. The fraction of sp³-hybridized carbons (Fsp3) is 0.273. The van der Waals surface area contributed by atoms with Crippen LogP contribution in [0.15, 0.2) is 34.7 Å². The van der Waals surface area contributed by atoms with Crippen LogP contribution in [0.2, 0.25) is 0 Å². The van der Waals surface area contributed by atoms with E-state index < -0.39 is 10.8 Å². The molecule has 0 unspecified atom stereocenters. The summed E-state index contributed by atoms with van der Waals surface area (Å²) in [5, 5.41) is 24.1. The van der Waals surface area contributed by atoms with Crippen molar-refractivity contribution in [1.82, 2.24) is 0 Å². The number of furan rings is 1. The van der Waals surface area contributed by atoms with Crippen LogP contribution in [-0.4, -0.2) is 10.8 Å². The number of benzene rings is 1. The number of amides is 1. The summed E-state index contributed by atoms with van der Waals surface area (Å²) in [5.74, 6) is 0.0989. The number of rotatable bonds is 6. The van der Waals surface area contributed by atoms with Gasteiger partial charge in [-0.25, -0.2) is 0 Å². The van der Waals surface area contributed by atoms with Gasteiger partial charge in [-0.15, -0.1) is 11.3 Å². The molecule has 0 atom stereocenters. The van der Waals surface area contributed by atoms with Gasteiger partial charge < -0.3 is 14.5 Å². The van der Waals surface area contributed by atoms with Gasteiger partial charge in [0.05, 0.1) is 10.5 Å². The van der Waals surface area contributed by atoms with Crippen molar-refractivity contribution in [1.29, 1.82) is 5.26 Å². The molecule has 0 spiro atoms. The van der Waals surface area contributed by atoms with Gasteiger partial charge in [0.2, 0.25) is 0 Å². The summed E-state index contributed by atoms with van der Waals surface area (Å²) in [4.78, 5) is 24.5. The molecular formula is C22H19N3O5S. The van der Waals surface area contributed by atoms with Crippen molar-refractivity contribution in [3.63, 3.8) is 0 Å². The van der Waals surface area contributed by atoms with Gasteiger partial charge >= 0.3 is 5.69 Å². The minimum atomic E-state index is -0.503. The van der Waals surface area contributed by atoms with Gasteiger partial charge in [-0.3, -0.25) is 14.9 Å². The van der Waals surface area contributed by atoms with E-state index in [1.165, 1.54) is 29.5 Å². The molecule has 2 aromatic heterocycles. The highest BCUT2D eigenvalue weighted by Crippen LogP contribution is 2.38. The van der Waals surface area contributed by atoms with E-state index in [0.717, 1.165) is 41.7 Å². The Morgan fingerprint density at radius 3 is 2.90 bits per heavy atom. The third kappa shape index (κ3) is 4.29. The monoisotopic (exact) mass is 437 g/mol. The number of nitrogens with zero attached hydrogens (tertiary/aromatic N) is 2. The number of ether oxygens (including phenoxy) is 1. The maximum absolute atomic E-state index is 12.6. The zero-order valence-corrected chi connectivity index (χ0v) is 17.6. The number of hydrogen-bond acceptors (Lipinski definition) is 7. The van der Waals surface area contributed by atoms with Gasteiger partial charge in [0.25, 0.3) is 5.91 Å². The van der Waals surface area contributed by atoms with Crippen LogP contribution in [0.1, 0.15) is 50.7 Å².